The summed E-state index contributed by atoms with van der Waals surface area (Å²) in [5.74, 6) is 0.934. The minimum Gasteiger partial charge on any atom is -0.465 e. The van der Waals surface area contributed by atoms with Gasteiger partial charge in [0.15, 0.2) is 0 Å². The third-order valence-electron chi connectivity index (χ3n) is 7.05. The molecule has 39 heavy (non-hydrogen) atoms. The number of H-pyrrole nitrogens is 1. The normalized spacial score (nSPS) is 21.9. The number of hydrogen-bond acceptors (Lipinski definition) is 10. The van der Waals surface area contributed by atoms with Gasteiger partial charge in [0.2, 0.25) is 0 Å². The van der Waals surface area contributed by atoms with Crippen LogP contribution in [0.25, 0.3) is 11.3 Å². The number of nitrogens with zero attached hydrogens (tertiary/aromatic N) is 5. The molecule has 0 saturated carbocycles. The molecule has 198 valence electrons. The molecule has 0 bridgehead atoms. The number of carbonyl (C=O) groups is 1. The smallest absolute Gasteiger partial charge is 0.337 e. The van der Waals surface area contributed by atoms with E-state index < -0.39 is 5.60 Å². The van der Waals surface area contributed by atoms with E-state index in [-0.39, 0.29) is 16.6 Å². The second kappa shape index (κ2) is 10.2. The van der Waals surface area contributed by atoms with Crippen LogP contribution in [0.15, 0.2) is 59.9 Å². The predicted octanol–water partition coefficient (Wildman–Crippen LogP) is 4.51. The number of thioether (sulfide) groups is 1. The average Bonchev–Trinajstić information content (AvgIpc) is 3.66. The van der Waals surface area contributed by atoms with E-state index in [1.54, 1.807) is 30.2 Å². The maximum Gasteiger partial charge on any atom is 0.337 e. The number of aliphatic hydroxyl groups is 1. The molecule has 2 aliphatic rings. The van der Waals surface area contributed by atoms with Gasteiger partial charge < -0.3 is 15.2 Å². The molecule has 0 radical (unpaired) electrons. The monoisotopic (exact) mass is 541 g/mol. The highest BCUT2D eigenvalue weighted by Gasteiger charge is 2.45. The van der Waals surface area contributed by atoms with Crippen molar-refractivity contribution in [1.82, 2.24) is 25.4 Å². The van der Waals surface area contributed by atoms with Gasteiger partial charge in [-0.3, -0.25) is 4.99 Å². The van der Waals surface area contributed by atoms with Crippen LogP contribution in [-0.2, 0) is 16.8 Å². The van der Waals surface area contributed by atoms with E-state index in [1.165, 1.54) is 7.11 Å². The number of aromatic amines is 1. The third-order valence-corrected chi connectivity index (χ3v) is 8.47. The first-order chi connectivity index (χ1) is 18.9. The number of aromatic nitrogens is 5. The highest BCUT2D eigenvalue weighted by Crippen LogP contribution is 2.49. The summed E-state index contributed by atoms with van der Waals surface area (Å²) < 4.78 is 4.87. The van der Waals surface area contributed by atoms with Crippen LogP contribution in [0.3, 0.4) is 0 Å². The van der Waals surface area contributed by atoms with Gasteiger partial charge in [-0.25, -0.2) is 14.8 Å². The summed E-state index contributed by atoms with van der Waals surface area (Å²) in [4.78, 5) is 26.1. The maximum atomic E-state index is 12.0. The maximum absolute atomic E-state index is 12.0. The lowest BCUT2D eigenvalue weighted by Gasteiger charge is -2.37. The van der Waals surface area contributed by atoms with Crippen molar-refractivity contribution >= 4 is 35.6 Å². The van der Waals surface area contributed by atoms with Crippen molar-refractivity contribution in [3.8, 4) is 11.3 Å². The summed E-state index contributed by atoms with van der Waals surface area (Å²) in [6, 6.07) is 13.2. The quantitative estimate of drug-likeness (QED) is 0.301. The highest BCUT2D eigenvalue weighted by molar-refractivity contribution is 8.01. The zero-order chi connectivity index (χ0) is 27.0. The van der Waals surface area contributed by atoms with Crippen molar-refractivity contribution in [2.45, 2.75) is 42.4 Å². The number of aliphatic imine (C=N–C) groups is 1. The van der Waals surface area contributed by atoms with Gasteiger partial charge >= 0.3 is 5.97 Å². The molecule has 0 spiro atoms. The summed E-state index contributed by atoms with van der Waals surface area (Å²) >= 11 is 1.58. The first-order valence-electron chi connectivity index (χ1n) is 12.6. The largest absolute Gasteiger partial charge is 0.465 e. The van der Waals surface area contributed by atoms with Crippen LogP contribution >= 0.6 is 11.8 Å². The number of carbonyl (C=O) groups excluding carboxylic acids is 1. The number of aryl methyl sites for hydroxylation is 2. The Bertz CT molecular complexity index is 1560. The van der Waals surface area contributed by atoms with Crippen LogP contribution in [0.4, 0.5) is 11.6 Å². The van der Waals surface area contributed by atoms with E-state index in [0.717, 1.165) is 46.5 Å². The molecule has 4 heterocycles. The minimum absolute atomic E-state index is 0.117. The van der Waals surface area contributed by atoms with Crippen LogP contribution < -0.4 is 5.32 Å². The Morgan fingerprint density at radius 3 is 2.92 bits per heavy atom. The SMILES string of the molecule is COC(=O)c1ccc2c(c1)CCCC2(O)C1N=CC(c2cc(C)cc(Nc3cc(-c4cn[nH]n4)ccn3)n2)S1. The number of nitrogens with one attached hydrogen (secondary N) is 2. The average molecular weight is 542 g/mol. The van der Waals surface area contributed by atoms with Crippen LogP contribution in [-0.4, -0.2) is 55.2 Å². The molecule has 0 amide bonds. The number of anilines is 2. The molecule has 6 rings (SSSR count). The van der Waals surface area contributed by atoms with E-state index in [9.17, 15) is 9.90 Å². The number of methoxy groups -OCH3 is 1. The number of rotatable bonds is 6. The van der Waals surface area contributed by atoms with Crippen molar-refractivity contribution in [3.63, 3.8) is 0 Å². The van der Waals surface area contributed by atoms with Gasteiger partial charge in [-0.2, -0.15) is 15.4 Å². The lowest BCUT2D eigenvalue weighted by atomic mass is 9.78. The van der Waals surface area contributed by atoms with Gasteiger partial charge in [0.05, 0.1) is 29.8 Å². The van der Waals surface area contributed by atoms with E-state index in [0.29, 0.717) is 23.6 Å². The van der Waals surface area contributed by atoms with Crippen LogP contribution in [0.2, 0.25) is 0 Å². The number of benzene rings is 1. The fraction of sp³-hybridized carbons (Fsp3) is 0.286. The van der Waals surface area contributed by atoms with E-state index >= 15 is 0 Å². The van der Waals surface area contributed by atoms with E-state index in [2.05, 4.69) is 25.7 Å². The molecule has 4 aromatic rings. The van der Waals surface area contributed by atoms with E-state index in [1.807, 2.05) is 49.5 Å². The molecule has 10 nitrogen and oxygen atoms in total. The molecular weight excluding hydrogens is 514 g/mol. The zero-order valence-electron chi connectivity index (χ0n) is 21.5. The highest BCUT2D eigenvalue weighted by atomic mass is 32.2. The van der Waals surface area contributed by atoms with Gasteiger partial charge in [0, 0.05) is 18.0 Å². The van der Waals surface area contributed by atoms with Crippen LogP contribution in [0, 0.1) is 6.92 Å². The molecule has 1 aliphatic carbocycles. The zero-order valence-corrected chi connectivity index (χ0v) is 22.3. The number of fused-ring (bicyclic) bond motifs is 1. The van der Waals surface area contributed by atoms with Crippen molar-refractivity contribution in [2.75, 3.05) is 12.4 Å². The predicted molar refractivity (Wildman–Crippen MR) is 149 cm³/mol. The lowest BCUT2D eigenvalue weighted by molar-refractivity contribution is 0.0190. The Hall–Kier alpha value is -4.09. The number of ether oxygens (including phenoxy) is 1. The second-order valence-corrected chi connectivity index (χ2v) is 10.9. The van der Waals surface area contributed by atoms with Gasteiger partial charge in [0.25, 0.3) is 0 Å². The Morgan fingerprint density at radius 1 is 1.21 bits per heavy atom. The summed E-state index contributed by atoms with van der Waals surface area (Å²) in [6.07, 6.45) is 7.45. The van der Waals surface area contributed by atoms with E-state index in [4.69, 9.17) is 14.7 Å². The summed E-state index contributed by atoms with van der Waals surface area (Å²) in [5.41, 5.74) is 4.66. The molecule has 1 aliphatic heterocycles. The Balaban J connectivity index is 1.22. The standard InChI is InChI=1S/C28H27N7O3S/c1-16-10-21(32-25(11-16)33-24-13-18(7-9-29-24)22-14-31-35-34-22)23-15-30-27(39-23)28(37)8-3-4-17-12-19(26(36)38-2)5-6-20(17)28/h5-7,9-15,23,27,37H,3-4,8H2,1-2H3,(H,29,32,33)(H,31,34,35). The minimum atomic E-state index is -1.13. The van der Waals surface area contributed by atoms with Crippen LogP contribution in [0.5, 0.6) is 0 Å². The first kappa shape index (κ1) is 25.2. The molecule has 3 unspecified atom stereocenters. The molecule has 0 saturated heterocycles. The van der Waals surface area contributed by atoms with Crippen molar-refractivity contribution < 1.29 is 14.6 Å². The van der Waals surface area contributed by atoms with Gasteiger partial charge in [0.1, 0.15) is 28.3 Å². The molecule has 3 aromatic heterocycles. The first-order valence-corrected chi connectivity index (χ1v) is 13.6. The van der Waals surface area contributed by atoms with Crippen molar-refractivity contribution in [1.29, 1.82) is 0 Å². The Kier molecular flexibility index (Phi) is 6.61. The van der Waals surface area contributed by atoms with Crippen LogP contribution in [0.1, 0.15) is 50.8 Å². The van der Waals surface area contributed by atoms with Gasteiger partial charge in [-0.05, 0) is 79.3 Å². The third kappa shape index (κ3) is 4.90. The topological polar surface area (TPSA) is 138 Å². The second-order valence-electron chi connectivity index (χ2n) is 9.71. The fourth-order valence-corrected chi connectivity index (χ4v) is 6.48. The lowest BCUT2D eigenvalue weighted by Crippen LogP contribution is -2.39. The fourth-order valence-electron chi connectivity index (χ4n) is 5.19. The molecule has 3 N–H and O–H groups in total. The summed E-state index contributed by atoms with van der Waals surface area (Å²) in [5, 5.41) is 25.3. The Labute approximate surface area is 229 Å². The Morgan fingerprint density at radius 2 is 2.10 bits per heavy atom. The molecular formula is C28H27N7O3S. The molecule has 0 fully saturated rings. The molecule has 3 atom stereocenters. The van der Waals surface area contributed by atoms with Gasteiger partial charge in [-0.15, -0.1) is 11.8 Å². The number of pyridine rings is 2. The number of hydrogen-bond donors (Lipinski definition) is 3. The van der Waals surface area contributed by atoms with Crippen molar-refractivity contribution in [3.05, 3.63) is 82.8 Å². The van der Waals surface area contributed by atoms with Crippen molar-refractivity contribution in [2.24, 2.45) is 4.99 Å². The summed E-state index contributed by atoms with van der Waals surface area (Å²) in [7, 11) is 1.37. The number of esters is 1. The molecule has 11 heteroatoms. The van der Waals surface area contributed by atoms with Gasteiger partial charge in [-0.1, -0.05) is 6.07 Å². The molecule has 1 aromatic carbocycles. The summed E-state index contributed by atoms with van der Waals surface area (Å²) in [6.45, 7) is 2.02.